The molecule has 0 spiro atoms. The van der Waals surface area contributed by atoms with Gasteiger partial charge in [0.25, 0.3) is 11.8 Å². The molecule has 2 amide bonds. The lowest BCUT2D eigenvalue weighted by Crippen LogP contribution is -2.32. The van der Waals surface area contributed by atoms with Crippen LogP contribution in [0.5, 0.6) is 0 Å². The van der Waals surface area contributed by atoms with Gasteiger partial charge in [-0.3, -0.25) is 9.59 Å². The van der Waals surface area contributed by atoms with Gasteiger partial charge in [-0.1, -0.05) is 36.4 Å². The molecule has 142 valence electrons. The average molecular weight is 375 g/mol. The number of pyridine rings is 1. The first-order valence-electron chi connectivity index (χ1n) is 9.37. The summed E-state index contributed by atoms with van der Waals surface area (Å²) in [5.74, 6) is -0.594. The number of hydrogen-bond donors (Lipinski definition) is 2. The van der Waals surface area contributed by atoms with Gasteiger partial charge in [0.15, 0.2) is 0 Å². The predicted molar refractivity (Wildman–Crippen MR) is 107 cm³/mol. The minimum atomic E-state index is -0.356. The van der Waals surface area contributed by atoms with Crippen molar-refractivity contribution in [1.82, 2.24) is 10.3 Å². The minimum Gasteiger partial charge on any atom is -0.376 e. The van der Waals surface area contributed by atoms with Crippen molar-refractivity contribution >= 4 is 28.4 Å². The smallest absolute Gasteiger partial charge is 0.274 e. The molecule has 1 aliphatic heterocycles. The molecule has 2 aromatic carbocycles. The number of ether oxygens (including phenoxy) is 1. The highest BCUT2D eigenvalue weighted by Gasteiger charge is 2.19. The van der Waals surface area contributed by atoms with Gasteiger partial charge in [0.05, 0.1) is 22.9 Å². The second kappa shape index (κ2) is 8.19. The number of carbonyl (C=O) groups excluding carboxylic acids is 2. The molecule has 3 aromatic rings. The maximum Gasteiger partial charge on any atom is 0.274 e. The lowest BCUT2D eigenvalue weighted by Gasteiger charge is -2.13. The molecule has 0 unspecified atom stereocenters. The Kier molecular flexibility index (Phi) is 5.30. The number of para-hydroxylation sites is 2. The van der Waals surface area contributed by atoms with E-state index in [1.807, 2.05) is 30.3 Å². The van der Waals surface area contributed by atoms with Gasteiger partial charge in [-0.05, 0) is 37.1 Å². The fourth-order valence-corrected chi connectivity index (χ4v) is 3.28. The molecule has 0 radical (unpaired) electrons. The molecule has 2 N–H and O–H groups in total. The predicted octanol–water partition coefficient (Wildman–Crippen LogP) is 3.40. The summed E-state index contributed by atoms with van der Waals surface area (Å²) in [6.07, 6.45) is 2.03. The van der Waals surface area contributed by atoms with E-state index >= 15 is 0 Å². The molecule has 6 nitrogen and oxygen atoms in total. The van der Waals surface area contributed by atoms with E-state index in [0.29, 0.717) is 23.5 Å². The molecule has 0 bridgehead atoms. The van der Waals surface area contributed by atoms with Crippen molar-refractivity contribution in [2.45, 2.75) is 18.9 Å². The molecule has 28 heavy (non-hydrogen) atoms. The molecule has 0 saturated carbocycles. The van der Waals surface area contributed by atoms with Crippen LogP contribution in [-0.2, 0) is 4.74 Å². The maximum atomic E-state index is 12.7. The Balaban J connectivity index is 1.49. The van der Waals surface area contributed by atoms with Crippen molar-refractivity contribution < 1.29 is 14.3 Å². The summed E-state index contributed by atoms with van der Waals surface area (Å²) in [5, 5.41) is 6.66. The van der Waals surface area contributed by atoms with Crippen LogP contribution in [0, 0.1) is 0 Å². The Labute approximate surface area is 162 Å². The zero-order valence-corrected chi connectivity index (χ0v) is 15.4. The van der Waals surface area contributed by atoms with E-state index in [1.165, 1.54) is 0 Å². The first kappa shape index (κ1) is 18.1. The van der Waals surface area contributed by atoms with Gasteiger partial charge >= 0.3 is 0 Å². The number of amides is 2. The fourth-order valence-electron chi connectivity index (χ4n) is 3.28. The first-order chi connectivity index (χ1) is 13.7. The summed E-state index contributed by atoms with van der Waals surface area (Å²) in [4.78, 5) is 29.7. The fraction of sp³-hybridized carbons (Fsp3) is 0.227. The number of nitrogens with zero attached hydrogens (tertiary/aromatic N) is 1. The summed E-state index contributed by atoms with van der Waals surface area (Å²) in [6.45, 7) is 1.21. The molecule has 4 rings (SSSR count). The maximum absolute atomic E-state index is 12.7. The molecular weight excluding hydrogens is 354 g/mol. The van der Waals surface area contributed by atoms with E-state index < -0.39 is 0 Å². The second-order valence-electron chi connectivity index (χ2n) is 6.73. The zero-order valence-electron chi connectivity index (χ0n) is 15.4. The molecule has 1 aromatic heterocycles. The molecule has 1 fully saturated rings. The topological polar surface area (TPSA) is 80.3 Å². The number of rotatable bonds is 5. The van der Waals surface area contributed by atoms with Crippen LogP contribution in [0.2, 0.25) is 0 Å². The molecule has 0 aliphatic carbocycles. The van der Waals surface area contributed by atoms with Crippen LogP contribution in [0.3, 0.4) is 0 Å². The Bertz CT molecular complexity index is 1010. The van der Waals surface area contributed by atoms with Crippen molar-refractivity contribution in [1.29, 1.82) is 0 Å². The second-order valence-corrected chi connectivity index (χ2v) is 6.73. The van der Waals surface area contributed by atoms with Crippen molar-refractivity contribution in [2.75, 3.05) is 18.5 Å². The van der Waals surface area contributed by atoms with E-state index in [2.05, 4.69) is 15.6 Å². The van der Waals surface area contributed by atoms with Crippen LogP contribution < -0.4 is 10.6 Å². The van der Waals surface area contributed by atoms with Gasteiger partial charge in [-0.15, -0.1) is 0 Å². The number of benzene rings is 2. The number of hydrogen-bond acceptors (Lipinski definition) is 4. The number of carbonyl (C=O) groups is 2. The van der Waals surface area contributed by atoms with Crippen LogP contribution in [0.1, 0.15) is 33.7 Å². The molecule has 1 saturated heterocycles. The van der Waals surface area contributed by atoms with Crippen LogP contribution in [0.15, 0.2) is 60.7 Å². The van der Waals surface area contributed by atoms with E-state index in [-0.39, 0.29) is 17.9 Å². The summed E-state index contributed by atoms with van der Waals surface area (Å²) in [5.41, 5.74) is 1.91. The highest BCUT2D eigenvalue weighted by molar-refractivity contribution is 6.08. The Morgan fingerprint density at radius 1 is 1.00 bits per heavy atom. The third kappa shape index (κ3) is 4.02. The van der Waals surface area contributed by atoms with E-state index in [1.54, 1.807) is 30.3 Å². The van der Waals surface area contributed by atoms with Crippen molar-refractivity contribution in [3.8, 4) is 0 Å². The molecule has 1 aliphatic rings. The largest absolute Gasteiger partial charge is 0.376 e. The highest BCUT2D eigenvalue weighted by Crippen LogP contribution is 2.18. The van der Waals surface area contributed by atoms with Gasteiger partial charge in [-0.2, -0.15) is 0 Å². The number of anilines is 1. The highest BCUT2D eigenvalue weighted by atomic mass is 16.5. The zero-order chi connectivity index (χ0) is 19.3. The lowest BCUT2D eigenvalue weighted by molar-refractivity contribution is 0.0858. The monoisotopic (exact) mass is 375 g/mol. The Hall–Kier alpha value is -3.25. The summed E-state index contributed by atoms with van der Waals surface area (Å²) >= 11 is 0. The van der Waals surface area contributed by atoms with Gasteiger partial charge in [0.1, 0.15) is 5.69 Å². The van der Waals surface area contributed by atoms with E-state index in [9.17, 15) is 9.59 Å². The number of nitrogens with one attached hydrogen (secondary N) is 2. The summed E-state index contributed by atoms with van der Waals surface area (Å²) in [6, 6.07) is 18.1. The third-order valence-electron chi connectivity index (χ3n) is 4.77. The molecule has 1 atom stereocenters. The van der Waals surface area contributed by atoms with Crippen molar-refractivity contribution in [2.24, 2.45) is 0 Å². The van der Waals surface area contributed by atoms with Gasteiger partial charge in [-0.25, -0.2) is 4.98 Å². The van der Waals surface area contributed by atoms with E-state index in [0.717, 1.165) is 30.4 Å². The van der Waals surface area contributed by atoms with Crippen molar-refractivity contribution in [3.63, 3.8) is 0 Å². The van der Waals surface area contributed by atoms with Gasteiger partial charge < -0.3 is 15.4 Å². The van der Waals surface area contributed by atoms with Crippen molar-refractivity contribution in [3.05, 3.63) is 71.9 Å². The van der Waals surface area contributed by atoms with Crippen LogP contribution in [0.25, 0.3) is 10.9 Å². The normalized spacial score (nSPS) is 16.1. The quantitative estimate of drug-likeness (QED) is 0.716. The average Bonchev–Trinajstić information content (AvgIpc) is 3.25. The summed E-state index contributed by atoms with van der Waals surface area (Å²) in [7, 11) is 0. The molecule has 6 heteroatoms. The SMILES string of the molecule is O=C(Nc1ccccc1C(=O)NC[C@@H]1CCCO1)c1ccc2ccccc2n1. The number of fused-ring (bicyclic) bond motifs is 1. The molecular formula is C22H21N3O3. The Morgan fingerprint density at radius 2 is 1.82 bits per heavy atom. The van der Waals surface area contributed by atoms with Crippen LogP contribution in [0.4, 0.5) is 5.69 Å². The van der Waals surface area contributed by atoms with E-state index in [4.69, 9.17) is 4.74 Å². The standard InChI is InChI=1S/C22H21N3O3/c26-21(23-14-16-7-5-13-28-16)17-8-2-4-10-19(17)25-22(27)20-12-11-15-6-1-3-9-18(15)24-20/h1-4,6,8-12,16H,5,7,13-14H2,(H,23,26)(H,25,27)/t16-/m0/s1. The molecule has 2 heterocycles. The third-order valence-corrected chi connectivity index (χ3v) is 4.77. The first-order valence-corrected chi connectivity index (χ1v) is 9.37. The van der Waals surface area contributed by atoms with Gasteiger partial charge in [0.2, 0.25) is 0 Å². The van der Waals surface area contributed by atoms with Crippen LogP contribution >= 0.6 is 0 Å². The minimum absolute atomic E-state index is 0.0625. The van der Waals surface area contributed by atoms with Gasteiger partial charge in [0, 0.05) is 18.5 Å². The lowest BCUT2D eigenvalue weighted by atomic mass is 10.1. The van der Waals surface area contributed by atoms with Crippen LogP contribution in [-0.4, -0.2) is 36.1 Å². The Morgan fingerprint density at radius 3 is 2.68 bits per heavy atom. The number of aromatic nitrogens is 1. The summed E-state index contributed by atoms with van der Waals surface area (Å²) < 4.78 is 5.53.